The number of hydrogen-bond acceptors (Lipinski definition) is 5. The normalized spacial score (nSPS) is 13.8. The summed E-state index contributed by atoms with van der Waals surface area (Å²) in [6.45, 7) is 1.86. The van der Waals surface area contributed by atoms with Crippen LogP contribution in [-0.2, 0) is 11.2 Å². The Hall–Kier alpha value is -3.10. The number of fused-ring (bicyclic) bond motifs is 1. The summed E-state index contributed by atoms with van der Waals surface area (Å²) >= 11 is 7.52. The Balaban J connectivity index is 1.71. The molecule has 7 nitrogen and oxygen atoms in total. The van der Waals surface area contributed by atoms with Gasteiger partial charge >= 0.3 is 0 Å². The number of hydrogen-bond donors (Lipinski definition) is 2. The fraction of sp³-hybridized carbons (Fsp3) is 0.227. The van der Waals surface area contributed by atoms with Crippen molar-refractivity contribution in [1.82, 2.24) is 14.9 Å². The number of aromatic nitrogens is 2. The zero-order valence-electron chi connectivity index (χ0n) is 17.0. The first-order valence-corrected chi connectivity index (χ1v) is 10.9. The average molecular weight is 457 g/mol. The van der Waals surface area contributed by atoms with E-state index in [1.54, 1.807) is 31.6 Å². The van der Waals surface area contributed by atoms with E-state index in [1.807, 2.05) is 29.7 Å². The van der Waals surface area contributed by atoms with Gasteiger partial charge in [0.1, 0.15) is 22.6 Å². The molecule has 0 spiro atoms. The molecule has 3 N–H and O–H groups in total. The SMILES string of the molecule is CNC(=O)C1=Cn2c(-c3cc(OC(C)c4ccccc4Cl)c(C(N)=O)s3)cnc2CC1. The molecule has 1 atom stereocenters. The maximum absolute atomic E-state index is 12.1. The van der Waals surface area contributed by atoms with E-state index in [0.717, 1.165) is 22.0 Å². The van der Waals surface area contributed by atoms with Gasteiger partial charge in [0, 0.05) is 41.9 Å². The topological polar surface area (TPSA) is 99.2 Å². The Morgan fingerprint density at radius 2 is 2.10 bits per heavy atom. The Morgan fingerprint density at radius 1 is 1.32 bits per heavy atom. The van der Waals surface area contributed by atoms with Gasteiger partial charge in [0.25, 0.3) is 5.91 Å². The molecular formula is C22H21ClN4O3S. The number of nitrogens with zero attached hydrogens (tertiary/aromatic N) is 2. The van der Waals surface area contributed by atoms with Crippen LogP contribution in [0.5, 0.6) is 5.75 Å². The van der Waals surface area contributed by atoms with Gasteiger partial charge in [0.05, 0.1) is 16.8 Å². The number of likely N-dealkylation sites (N-methyl/N-ethyl adjacent to an activating group) is 1. The zero-order chi connectivity index (χ0) is 22.1. The molecule has 9 heteroatoms. The van der Waals surface area contributed by atoms with Crippen molar-refractivity contribution in [1.29, 1.82) is 0 Å². The second-order valence-electron chi connectivity index (χ2n) is 7.11. The van der Waals surface area contributed by atoms with E-state index in [-0.39, 0.29) is 12.0 Å². The molecule has 0 fully saturated rings. The molecule has 2 aromatic heterocycles. The van der Waals surface area contributed by atoms with Gasteiger partial charge in [-0.1, -0.05) is 29.8 Å². The first-order valence-electron chi connectivity index (χ1n) is 9.73. The van der Waals surface area contributed by atoms with E-state index in [0.29, 0.717) is 34.1 Å². The lowest BCUT2D eigenvalue weighted by atomic mass is 10.1. The summed E-state index contributed by atoms with van der Waals surface area (Å²) < 4.78 is 7.97. The number of carbonyl (C=O) groups excluding carboxylic acids is 2. The minimum Gasteiger partial charge on any atom is -0.484 e. The number of rotatable bonds is 6. The Kier molecular flexibility index (Phi) is 5.84. The summed E-state index contributed by atoms with van der Waals surface area (Å²) in [4.78, 5) is 29.7. The van der Waals surface area contributed by atoms with Crippen LogP contribution in [0.15, 0.2) is 42.1 Å². The van der Waals surface area contributed by atoms with E-state index >= 15 is 0 Å². The standard InChI is InChI=1S/C22H21ClN4O3S/c1-12(14-5-3-4-6-15(14)23)30-17-9-18(31-20(17)21(24)28)16-10-26-19-8-7-13(11-27(16)19)22(29)25-2/h3-6,9-12H,7-8H2,1-2H3,(H2,24,28)(H,25,29). The van der Waals surface area contributed by atoms with E-state index in [9.17, 15) is 9.59 Å². The molecule has 1 unspecified atom stereocenters. The summed E-state index contributed by atoms with van der Waals surface area (Å²) in [6, 6.07) is 9.18. The molecule has 3 aromatic rings. The Morgan fingerprint density at radius 3 is 2.81 bits per heavy atom. The number of benzene rings is 1. The molecule has 2 amide bonds. The van der Waals surface area contributed by atoms with Gasteiger partial charge in [0.2, 0.25) is 5.91 Å². The van der Waals surface area contributed by atoms with Gasteiger partial charge in [-0.2, -0.15) is 0 Å². The highest BCUT2D eigenvalue weighted by atomic mass is 35.5. The second-order valence-corrected chi connectivity index (χ2v) is 8.57. The summed E-state index contributed by atoms with van der Waals surface area (Å²) in [5.74, 6) is 0.551. The fourth-order valence-electron chi connectivity index (χ4n) is 3.53. The molecular weight excluding hydrogens is 436 g/mol. The summed E-state index contributed by atoms with van der Waals surface area (Å²) in [7, 11) is 1.61. The number of thiophene rings is 1. The second kappa shape index (κ2) is 8.56. The van der Waals surface area contributed by atoms with Crippen LogP contribution < -0.4 is 15.8 Å². The molecule has 0 radical (unpaired) electrons. The van der Waals surface area contributed by atoms with E-state index in [1.165, 1.54) is 11.3 Å². The number of halogens is 1. The number of primary amides is 1. The van der Waals surface area contributed by atoms with Crippen LogP contribution in [-0.4, -0.2) is 28.4 Å². The Labute approximate surface area is 188 Å². The number of amides is 2. The van der Waals surface area contributed by atoms with Crippen LogP contribution in [0.25, 0.3) is 16.8 Å². The molecule has 0 saturated heterocycles. The van der Waals surface area contributed by atoms with Crippen LogP contribution in [0.1, 0.15) is 40.5 Å². The number of ether oxygens (including phenoxy) is 1. The van der Waals surface area contributed by atoms with Crippen LogP contribution in [0, 0.1) is 0 Å². The van der Waals surface area contributed by atoms with Gasteiger partial charge in [-0.05, 0) is 19.4 Å². The van der Waals surface area contributed by atoms with Crippen LogP contribution >= 0.6 is 22.9 Å². The van der Waals surface area contributed by atoms with Crippen molar-refractivity contribution in [3.8, 4) is 16.3 Å². The lowest BCUT2D eigenvalue weighted by molar-refractivity contribution is -0.117. The highest BCUT2D eigenvalue weighted by molar-refractivity contribution is 7.17. The maximum Gasteiger partial charge on any atom is 0.262 e. The third kappa shape index (κ3) is 4.08. The lowest BCUT2D eigenvalue weighted by Crippen LogP contribution is -2.23. The quantitative estimate of drug-likeness (QED) is 0.584. The monoisotopic (exact) mass is 456 g/mol. The van der Waals surface area contributed by atoms with Crippen LogP contribution in [0.3, 0.4) is 0 Å². The smallest absolute Gasteiger partial charge is 0.262 e. The molecule has 160 valence electrons. The predicted octanol–water partition coefficient (Wildman–Crippen LogP) is 4.04. The molecule has 4 rings (SSSR count). The van der Waals surface area contributed by atoms with Gasteiger partial charge in [-0.15, -0.1) is 11.3 Å². The first-order chi connectivity index (χ1) is 14.9. The van der Waals surface area contributed by atoms with Gasteiger partial charge in [-0.25, -0.2) is 4.98 Å². The van der Waals surface area contributed by atoms with Crippen molar-refractivity contribution < 1.29 is 14.3 Å². The fourth-order valence-corrected chi connectivity index (χ4v) is 4.77. The van der Waals surface area contributed by atoms with Gasteiger partial charge in [0.15, 0.2) is 0 Å². The first kappa shape index (κ1) is 21.1. The molecule has 0 saturated carbocycles. The molecule has 31 heavy (non-hydrogen) atoms. The van der Waals surface area contributed by atoms with E-state index in [2.05, 4.69) is 10.3 Å². The number of nitrogens with two attached hydrogens (primary N) is 1. The van der Waals surface area contributed by atoms with Crippen LogP contribution in [0.2, 0.25) is 5.02 Å². The highest BCUT2D eigenvalue weighted by Gasteiger charge is 2.24. The molecule has 3 heterocycles. The predicted molar refractivity (Wildman–Crippen MR) is 121 cm³/mol. The summed E-state index contributed by atoms with van der Waals surface area (Å²) in [5, 5.41) is 3.24. The maximum atomic E-state index is 12.1. The van der Waals surface area contributed by atoms with Gasteiger partial charge < -0.3 is 20.4 Å². The number of carbonyl (C=O) groups is 2. The molecule has 0 bridgehead atoms. The van der Waals surface area contributed by atoms with E-state index in [4.69, 9.17) is 22.1 Å². The van der Waals surface area contributed by atoms with Crippen molar-refractivity contribution in [3.05, 3.63) is 63.4 Å². The largest absolute Gasteiger partial charge is 0.484 e. The van der Waals surface area contributed by atoms with Crippen molar-refractivity contribution in [2.24, 2.45) is 5.73 Å². The third-order valence-corrected chi connectivity index (χ3v) is 6.61. The number of aryl methyl sites for hydroxylation is 1. The Bertz CT molecular complexity index is 1200. The lowest BCUT2D eigenvalue weighted by Gasteiger charge is -2.16. The third-order valence-electron chi connectivity index (χ3n) is 5.12. The average Bonchev–Trinajstić information content (AvgIpc) is 3.36. The number of nitrogens with one attached hydrogen (secondary N) is 1. The van der Waals surface area contributed by atoms with Crippen molar-refractivity contribution in [3.63, 3.8) is 0 Å². The minimum absolute atomic E-state index is 0.119. The minimum atomic E-state index is -0.572. The van der Waals surface area contributed by atoms with E-state index < -0.39 is 5.91 Å². The summed E-state index contributed by atoms with van der Waals surface area (Å²) in [6.07, 6.45) is 4.41. The van der Waals surface area contributed by atoms with Crippen molar-refractivity contribution in [2.45, 2.75) is 25.9 Å². The van der Waals surface area contributed by atoms with Crippen molar-refractivity contribution in [2.75, 3.05) is 7.05 Å². The molecule has 0 aliphatic carbocycles. The zero-order valence-corrected chi connectivity index (χ0v) is 18.6. The number of imidazole rings is 1. The molecule has 1 aliphatic heterocycles. The highest BCUT2D eigenvalue weighted by Crippen LogP contribution is 2.40. The summed E-state index contributed by atoms with van der Waals surface area (Å²) in [5.41, 5.74) is 7.87. The van der Waals surface area contributed by atoms with Crippen molar-refractivity contribution >= 4 is 41.0 Å². The van der Waals surface area contributed by atoms with Crippen LogP contribution in [0.4, 0.5) is 0 Å². The van der Waals surface area contributed by atoms with Gasteiger partial charge in [-0.3, -0.25) is 9.59 Å². The molecule has 1 aliphatic rings. The molecule has 1 aromatic carbocycles.